The van der Waals surface area contributed by atoms with Crippen LogP contribution in [0.1, 0.15) is 53.4 Å². The highest BCUT2D eigenvalue weighted by Crippen LogP contribution is 2.21. The van der Waals surface area contributed by atoms with E-state index >= 15 is 0 Å². The average Bonchev–Trinajstić information content (AvgIpc) is 2.43. The monoisotopic (exact) mass is 270 g/mol. The van der Waals surface area contributed by atoms with Crippen LogP contribution in [0.25, 0.3) is 0 Å². The summed E-state index contributed by atoms with van der Waals surface area (Å²) >= 11 is 0. The molecule has 0 radical (unpaired) electrons. The van der Waals surface area contributed by atoms with E-state index in [0.29, 0.717) is 5.92 Å². The number of carbonyl (C=O) groups excluding carboxylic acids is 1. The van der Waals surface area contributed by atoms with Gasteiger partial charge in [-0.2, -0.15) is 0 Å². The molecule has 112 valence electrons. The molecule has 1 saturated heterocycles. The Balaban J connectivity index is 2.51. The van der Waals surface area contributed by atoms with Crippen LogP contribution < -0.4 is 5.32 Å². The maximum absolute atomic E-state index is 12.2. The Hall–Kier alpha value is -0.610. The van der Waals surface area contributed by atoms with Gasteiger partial charge >= 0.3 is 0 Å². The quantitative estimate of drug-likeness (QED) is 0.773. The molecule has 4 heteroatoms. The molecule has 1 amide bonds. The molecule has 0 aromatic carbocycles. The fourth-order valence-electron chi connectivity index (χ4n) is 2.77. The minimum Gasteiger partial charge on any atom is -0.393 e. The molecule has 1 aliphatic rings. The summed E-state index contributed by atoms with van der Waals surface area (Å²) in [4.78, 5) is 14.4. The predicted molar refractivity (Wildman–Crippen MR) is 78.0 cm³/mol. The maximum atomic E-state index is 12.2. The van der Waals surface area contributed by atoms with Crippen LogP contribution in [0.15, 0.2) is 0 Å². The van der Waals surface area contributed by atoms with Crippen LogP contribution in [0.4, 0.5) is 0 Å². The van der Waals surface area contributed by atoms with Crippen molar-refractivity contribution in [2.75, 3.05) is 13.1 Å². The lowest BCUT2D eigenvalue weighted by Crippen LogP contribution is -2.52. The molecule has 0 spiro atoms. The van der Waals surface area contributed by atoms with Crippen LogP contribution in [0.3, 0.4) is 0 Å². The minimum absolute atomic E-state index is 0.0952. The molecular formula is C15H30N2O2. The summed E-state index contributed by atoms with van der Waals surface area (Å²) < 4.78 is 0. The lowest BCUT2D eigenvalue weighted by atomic mass is 9.92. The predicted octanol–water partition coefficient (Wildman–Crippen LogP) is 1.77. The summed E-state index contributed by atoms with van der Waals surface area (Å²) in [6.07, 6.45) is 3.81. The lowest BCUT2D eigenvalue weighted by molar-refractivity contribution is -0.127. The van der Waals surface area contributed by atoms with Crippen LogP contribution in [0, 0.1) is 5.92 Å². The topological polar surface area (TPSA) is 52.6 Å². The van der Waals surface area contributed by atoms with Gasteiger partial charge in [-0.25, -0.2) is 0 Å². The summed E-state index contributed by atoms with van der Waals surface area (Å²) in [5, 5.41) is 12.8. The van der Waals surface area contributed by atoms with Crippen molar-refractivity contribution < 1.29 is 9.90 Å². The minimum atomic E-state index is -0.280. The van der Waals surface area contributed by atoms with Crippen molar-refractivity contribution in [3.63, 3.8) is 0 Å². The zero-order valence-corrected chi connectivity index (χ0v) is 12.9. The summed E-state index contributed by atoms with van der Waals surface area (Å²) in [6, 6.07) is 0.189. The van der Waals surface area contributed by atoms with Crippen molar-refractivity contribution in [1.82, 2.24) is 10.2 Å². The highest BCUT2D eigenvalue weighted by molar-refractivity contribution is 5.81. The Kier molecular flexibility index (Phi) is 6.80. The molecule has 19 heavy (non-hydrogen) atoms. The van der Waals surface area contributed by atoms with E-state index in [2.05, 4.69) is 24.1 Å². The third-order valence-electron chi connectivity index (χ3n) is 4.43. The Labute approximate surface area is 117 Å². The number of piperidine rings is 1. The van der Waals surface area contributed by atoms with Crippen LogP contribution in [0.2, 0.25) is 0 Å². The van der Waals surface area contributed by atoms with Crippen LogP contribution in [-0.2, 0) is 4.79 Å². The second kappa shape index (κ2) is 7.85. The molecule has 0 aromatic heterocycles. The smallest absolute Gasteiger partial charge is 0.237 e. The van der Waals surface area contributed by atoms with Crippen LogP contribution in [0.5, 0.6) is 0 Å². The molecule has 0 bridgehead atoms. The van der Waals surface area contributed by atoms with E-state index in [1.807, 2.05) is 13.8 Å². The van der Waals surface area contributed by atoms with Crippen molar-refractivity contribution >= 4 is 5.91 Å². The molecule has 3 atom stereocenters. The molecule has 1 fully saturated rings. The van der Waals surface area contributed by atoms with Gasteiger partial charge in [0.05, 0.1) is 12.1 Å². The molecular weight excluding hydrogens is 240 g/mol. The van der Waals surface area contributed by atoms with E-state index in [0.717, 1.165) is 38.8 Å². The SMILES string of the molecule is CCC(CC)NC(=O)C(C)N1CCCC(C(C)O)C1. The number of aliphatic hydroxyl groups is 1. The van der Waals surface area contributed by atoms with E-state index in [1.54, 1.807) is 0 Å². The Morgan fingerprint density at radius 3 is 2.53 bits per heavy atom. The van der Waals surface area contributed by atoms with Crippen molar-refractivity contribution in [2.24, 2.45) is 5.92 Å². The number of hydrogen-bond donors (Lipinski definition) is 2. The van der Waals surface area contributed by atoms with Gasteiger partial charge in [-0.05, 0) is 52.0 Å². The van der Waals surface area contributed by atoms with Crippen molar-refractivity contribution in [3.05, 3.63) is 0 Å². The second-order valence-corrected chi connectivity index (χ2v) is 5.84. The largest absolute Gasteiger partial charge is 0.393 e. The number of rotatable bonds is 6. The van der Waals surface area contributed by atoms with Gasteiger partial charge in [0.1, 0.15) is 0 Å². The normalized spacial score (nSPS) is 24.2. The van der Waals surface area contributed by atoms with Crippen molar-refractivity contribution in [1.29, 1.82) is 0 Å². The molecule has 0 aliphatic carbocycles. The van der Waals surface area contributed by atoms with Crippen LogP contribution >= 0.6 is 0 Å². The second-order valence-electron chi connectivity index (χ2n) is 5.84. The van der Waals surface area contributed by atoms with Gasteiger partial charge in [-0.1, -0.05) is 13.8 Å². The molecule has 0 aromatic rings. The van der Waals surface area contributed by atoms with Crippen LogP contribution in [-0.4, -0.2) is 47.2 Å². The van der Waals surface area contributed by atoms with E-state index in [1.165, 1.54) is 0 Å². The highest BCUT2D eigenvalue weighted by atomic mass is 16.3. The highest BCUT2D eigenvalue weighted by Gasteiger charge is 2.29. The van der Waals surface area contributed by atoms with E-state index in [4.69, 9.17) is 0 Å². The Bertz CT molecular complexity index is 277. The summed E-state index contributed by atoms with van der Waals surface area (Å²) in [7, 11) is 0. The summed E-state index contributed by atoms with van der Waals surface area (Å²) in [5.41, 5.74) is 0. The first kappa shape index (κ1) is 16.4. The zero-order valence-electron chi connectivity index (χ0n) is 12.9. The third kappa shape index (κ3) is 4.77. The Morgan fingerprint density at radius 2 is 2.00 bits per heavy atom. The fourth-order valence-corrected chi connectivity index (χ4v) is 2.77. The summed E-state index contributed by atoms with van der Waals surface area (Å²) in [6.45, 7) is 9.81. The van der Waals surface area contributed by atoms with Gasteiger partial charge in [-0.15, -0.1) is 0 Å². The number of hydrogen-bond acceptors (Lipinski definition) is 3. The number of amides is 1. The molecule has 2 N–H and O–H groups in total. The number of nitrogens with one attached hydrogen (secondary N) is 1. The van der Waals surface area contributed by atoms with Gasteiger partial charge < -0.3 is 10.4 Å². The average molecular weight is 270 g/mol. The van der Waals surface area contributed by atoms with Crippen molar-refractivity contribution in [2.45, 2.75) is 71.6 Å². The summed E-state index contributed by atoms with van der Waals surface area (Å²) in [5.74, 6) is 0.428. The number of likely N-dealkylation sites (tertiary alicyclic amines) is 1. The molecule has 1 aliphatic heterocycles. The number of carbonyl (C=O) groups is 1. The fraction of sp³-hybridized carbons (Fsp3) is 0.933. The number of aliphatic hydroxyl groups excluding tert-OH is 1. The van der Waals surface area contributed by atoms with Gasteiger partial charge in [0.2, 0.25) is 5.91 Å². The van der Waals surface area contributed by atoms with Gasteiger partial charge in [0, 0.05) is 12.6 Å². The molecule has 1 heterocycles. The Morgan fingerprint density at radius 1 is 1.37 bits per heavy atom. The van der Waals surface area contributed by atoms with Gasteiger partial charge in [-0.3, -0.25) is 9.69 Å². The van der Waals surface area contributed by atoms with E-state index < -0.39 is 0 Å². The maximum Gasteiger partial charge on any atom is 0.237 e. The lowest BCUT2D eigenvalue weighted by Gasteiger charge is -2.37. The molecule has 1 rings (SSSR count). The van der Waals surface area contributed by atoms with E-state index in [-0.39, 0.29) is 24.1 Å². The van der Waals surface area contributed by atoms with Gasteiger partial charge in [0.15, 0.2) is 0 Å². The third-order valence-corrected chi connectivity index (χ3v) is 4.43. The van der Waals surface area contributed by atoms with Gasteiger partial charge in [0.25, 0.3) is 0 Å². The zero-order chi connectivity index (χ0) is 14.4. The first-order valence-electron chi connectivity index (χ1n) is 7.72. The molecule has 4 nitrogen and oxygen atoms in total. The molecule has 0 saturated carbocycles. The molecule has 3 unspecified atom stereocenters. The van der Waals surface area contributed by atoms with Crippen molar-refractivity contribution in [3.8, 4) is 0 Å². The first-order valence-corrected chi connectivity index (χ1v) is 7.72. The standard InChI is InChI=1S/C15H30N2O2/c1-5-14(6-2)16-15(19)11(3)17-9-7-8-13(10-17)12(4)18/h11-14,18H,5-10H2,1-4H3,(H,16,19). The number of nitrogens with zero attached hydrogens (tertiary/aromatic N) is 1. The first-order chi connectivity index (χ1) is 8.99. The van der Waals surface area contributed by atoms with E-state index in [9.17, 15) is 9.90 Å².